The average molecular weight is 332 g/mol. The molecule has 0 unspecified atom stereocenters. The van der Waals surface area contributed by atoms with Crippen LogP contribution in [0.2, 0.25) is 17.1 Å². The van der Waals surface area contributed by atoms with Gasteiger partial charge in [0.05, 0.1) is 0 Å². The Kier molecular flexibility index (Phi) is 7.13. The SMILES string of the molecule is CC(C)[Si](O)(CCCCCc1c(F)cc(F)cc1F)C(C)C. The Hall–Kier alpha value is -0.813. The van der Waals surface area contributed by atoms with Gasteiger partial charge in [-0.2, -0.15) is 0 Å². The van der Waals surface area contributed by atoms with E-state index < -0.39 is 25.8 Å². The van der Waals surface area contributed by atoms with E-state index in [0.29, 0.717) is 17.5 Å². The van der Waals surface area contributed by atoms with Crippen molar-refractivity contribution in [3.8, 4) is 0 Å². The summed E-state index contributed by atoms with van der Waals surface area (Å²) in [6.07, 6.45) is 2.58. The van der Waals surface area contributed by atoms with Crippen LogP contribution in [0.1, 0.15) is 52.5 Å². The number of halogens is 3. The van der Waals surface area contributed by atoms with Gasteiger partial charge in [0.25, 0.3) is 0 Å². The summed E-state index contributed by atoms with van der Waals surface area (Å²) in [5.41, 5.74) is 0.570. The van der Waals surface area contributed by atoms with E-state index in [4.69, 9.17) is 0 Å². The summed E-state index contributed by atoms with van der Waals surface area (Å²) in [5, 5.41) is 0. The second-order valence-corrected chi connectivity index (χ2v) is 11.5. The second-order valence-electron chi connectivity index (χ2n) is 6.71. The molecule has 1 nitrogen and oxygen atoms in total. The van der Waals surface area contributed by atoms with E-state index in [1.807, 2.05) is 0 Å². The van der Waals surface area contributed by atoms with E-state index in [9.17, 15) is 18.0 Å². The molecule has 0 saturated heterocycles. The Bertz CT molecular complexity index is 458. The predicted molar refractivity (Wildman–Crippen MR) is 86.8 cm³/mol. The van der Waals surface area contributed by atoms with E-state index in [2.05, 4.69) is 27.7 Å². The van der Waals surface area contributed by atoms with Crippen molar-refractivity contribution in [2.24, 2.45) is 0 Å². The van der Waals surface area contributed by atoms with Crippen molar-refractivity contribution in [3.63, 3.8) is 0 Å². The maximum atomic E-state index is 13.5. The Balaban J connectivity index is 2.47. The average Bonchev–Trinajstić information content (AvgIpc) is 2.39. The number of benzene rings is 1. The van der Waals surface area contributed by atoms with E-state index in [0.717, 1.165) is 31.0 Å². The second kappa shape index (κ2) is 8.16. The molecule has 1 rings (SSSR count). The molecule has 0 aliphatic rings. The highest BCUT2D eigenvalue weighted by Crippen LogP contribution is 2.34. The molecule has 0 aliphatic heterocycles. The number of unbranched alkanes of at least 4 members (excludes halogenated alkanes) is 2. The highest BCUT2D eigenvalue weighted by Gasteiger charge is 2.37. The van der Waals surface area contributed by atoms with Gasteiger partial charge >= 0.3 is 0 Å². The monoisotopic (exact) mass is 332 g/mol. The van der Waals surface area contributed by atoms with E-state index in [-0.39, 0.29) is 12.0 Å². The molecule has 0 aromatic heterocycles. The van der Waals surface area contributed by atoms with Crippen LogP contribution in [0.25, 0.3) is 0 Å². The van der Waals surface area contributed by atoms with Crippen molar-refractivity contribution in [2.75, 3.05) is 0 Å². The summed E-state index contributed by atoms with van der Waals surface area (Å²) in [4.78, 5) is 10.8. The molecule has 5 heteroatoms. The first-order chi connectivity index (χ1) is 10.2. The number of hydrogen-bond donors (Lipinski definition) is 1. The summed E-state index contributed by atoms with van der Waals surface area (Å²) < 4.78 is 39.8. The molecule has 126 valence electrons. The van der Waals surface area contributed by atoms with E-state index in [1.54, 1.807) is 0 Å². The van der Waals surface area contributed by atoms with E-state index in [1.165, 1.54) is 0 Å². The fraction of sp³-hybridized carbons (Fsp3) is 0.647. The third kappa shape index (κ3) is 4.85. The molecule has 0 saturated carbocycles. The topological polar surface area (TPSA) is 20.2 Å². The van der Waals surface area contributed by atoms with Gasteiger partial charge in [0.1, 0.15) is 17.5 Å². The maximum Gasteiger partial charge on any atom is 0.193 e. The van der Waals surface area contributed by atoms with Gasteiger partial charge in [-0.25, -0.2) is 13.2 Å². The summed E-state index contributed by atoms with van der Waals surface area (Å²) in [5.74, 6) is -2.51. The summed E-state index contributed by atoms with van der Waals surface area (Å²) >= 11 is 0. The molecular weight excluding hydrogens is 305 g/mol. The largest absolute Gasteiger partial charge is 0.431 e. The van der Waals surface area contributed by atoms with Gasteiger partial charge in [-0.1, -0.05) is 40.5 Å². The standard InChI is InChI=1S/C17H27F3OSi/c1-12(2)22(21,13(3)4)9-7-5-6-8-15-16(19)10-14(18)11-17(15)20/h10-13,21H,5-9H2,1-4H3. The zero-order valence-corrected chi connectivity index (χ0v) is 14.9. The molecule has 0 atom stereocenters. The normalized spacial score (nSPS) is 12.5. The Morgan fingerprint density at radius 2 is 1.41 bits per heavy atom. The predicted octanol–water partition coefficient (Wildman–Crippen LogP) is 5.57. The number of rotatable bonds is 8. The van der Waals surface area contributed by atoms with Gasteiger partial charge in [-0.15, -0.1) is 0 Å². The zero-order valence-electron chi connectivity index (χ0n) is 13.9. The third-order valence-electron chi connectivity index (χ3n) is 4.61. The summed E-state index contributed by atoms with van der Waals surface area (Å²) in [6, 6.07) is 2.26. The van der Waals surface area contributed by atoms with Gasteiger partial charge < -0.3 is 4.80 Å². The molecule has 1 aromatic rings. The first kappa shape index (κ1) is 19.2. The van der Waals surface area contributed by atoms with Crippen LogP contribution in [0.4, 0.5) is 13.2 Å². The lowest BCUT2D eigenvalue weighted by molar-refractivity contribution is 0.481. The van der Waals surface area contributed by atoms with Crippen LogP contribution in [-0.4, -0.2) is 13.1 Å². The van der Waals surface area contributed by atoms with Crippen molar-refractivity contribution >= 4 is 8.32 Å². The van der Waals surface area contributed by atoms with Gasteiger partial charge in [-0.3, -0.25) is 0 Å². The smallest absolute Gasteiger partial charge is 0.193 e. The summed E-state index contributed by atoms with van der Waals surface area (Å²) in [7, 11) is -2.26. The molecule has 0 heterocycles. The molecule has 0 aliphatic carbocycles. The molecule has 0 fully saturated rings. The fourth-order valence-corrected chi connectivity index (χ4v) is 6.25. The maximum absolute atomic E-state index is 13.5. The van der Waals surface area contributed by atoms with Crippen LogP contribution < -0.4 is 0 Å². The van der Waals surface area contributed by atoms with Crippen molar-refractivity contribution in [3.05, 3.63) is 35.1 Å². The highest BCUT2D eigenvalue weighted by atomic mass is 28.4. The minimum absolute atomic E-state index is 0.0402. The molecule has 1 N–H and O–H groups in total. The first-order valence-electron chi connectivity index (χ1n) is 8.04. The quantitative estimate of drug-likeness (QED) is 0.487. The lowest BCUT2D eigenvalue weighted by atomic mass is 10.1. The van der Waals surface area contributed by atoms with Crippen LogP contribution in [0.3, 0.4) is 0 Å². The minimum atomic E-state index is -2.26. The Morgan fingerprint density at radius 1 is 0.909 bits per heavy atom. The molecular formula is C17H27F3OSi. The third-order valence-corrected chi connectivity index (χ3v) is 9.76. The van der Waals surface area contributed by atoms with Gasteiger partial charge in [-0.05, 0) is 30.0 Å². The van der Waals surface area contributed by atoms with Crippen LogP contribution in [0.5, 0.6) is 0 Å². The molecule has 0 radical (unpaired) electrons. The minimum Gasteiger partial charge on any atom is -0.431 e. The van der Waals surface area contributed by atoms with Crippen molar-refractivity contribution in [2.45, 2.75) is 70.5 Å². The molecule has 22 heavy (non-hydrogen) atoms. The van der Waals surface area contributed by atoms with Crippen molar-refractivity contribution in [1.29, 1.82) is 0 Å². The fourth-order valence-electron chi connectivity index (χ4n) is 2.94. The van der Waals surface area contributed by atoms with Crippen LogP contribution >= 0.6 is 0 Å². The van der Waals surface area contributed by atoms with Gasteiger partial charge in [0.15, 0.2) is 8.32 Å². The number of hydrogen-bond acceptors (Lipinski definition) is 1. The highest BCUT2D eigenvalue weighted by molar-refractivity contribution is 6.75. The Labute approximate surface area is 132 Å². The van der Waals surface area contributed by atoms with Gasteiger partial charge in [0.2, 0.25) is 0 Å². The molecule has 0 amide bonds. The van der Waals surface area contributed by atoms with Gasteiger partial charge in [0, 0.05) is 17.7 Å². The Morgan fingerprint density at radius 3 is 1.86 bits per heavy atom. The molecule has 0 bridgehead atoms. The van der Waals surface area contributed by atoms with Crippen molar-refractivity contribution in [1.82, 2.24) is 0 Å². The van der Waals surface area contributed by atoms with E-state index >= 15 is 0 Å². The lowest BCUT2D eigenvalue weighted by Crippen LogP contribution is -2.41. The first-order valence-corrected chi connectivity index (χ1v) is 10.3. The van der Waals surface area contributed by atoms with Crippen LogP contribution in [0.15, 0.2) is 12.1 Å². The van der Waals surface area contributed by atoms with Crippen molar-refractivity contribution < 1.29 is 18.0 Å². The van der Waals surface area contributed by atoms with Crippen LogP contribution in [-0.2, 0) is 6.42 Å². The van der Waals surface area contributed by atoms with Crippen LogP contribution in [0, 0.1) is 17.5 Å². The lowest BCUT2D eigenvalue weighted by Gasteiger charge is -2.33. The summed E-state index contributed by atoms with van der Waals surface area (Å²) in [6.45, 7) is 8.26. The molecule has 1 aromatic carbocycles. The molecule has 0 spiro atoms. The zero-order chi connectivity index (χ0) is 16.9.